The van der Waals surface area contributed by atoms with Gasteiger partial charge in [0.1, 0.15) is 5.76 Å². The van der Waals surface area contributed by atoms with Crippen LogP contribution in [-0.2, 0) is 11.8 Å². The fourth-order valence-electron chi connectivity index (χ4n) is 3.05. The molecule has 2 aromatic heterocycles. The summed E-state index contributed by atoms with van der Waals surface area (Å²) in [7, 11) is 1.83. The lowest BCUT2D eigenvalue weighted by Crippen LogP contribution is -2.45. The summed E-state index contributed by atoms with van der Waals surface area (Å²) >= 11 is 1.23. The highest BCUT2D eigenvalue weighted by atomic mass is 32.2. The van der Waals surface area contributed by atoms with Crippen molar-refractivity contribution in [1.82, 2.24) is 25.4 Å². The number of urea groups is 1. The molecule has 140 valence electrons. The van der Waals surface area contributed by atoms with Crippen LogP contribution in [0.1, 0.15) is 37.9 Å². The third kappa shape index (κ3) is 4.46. The summed E-state index contributed by atoms with van der Waals surface area (Å²) in [6, 6.07) is 1.58. The van der Waals surface area contributed by atoms with Crippen molar-refractivity contribution in [2.75, 3.05) is 5.75 Å². The third-order valence-corrected chi connectivity index (χ3v) is 5.48. The lowest BCUT2D eigenvalue weighted by atomic mass is 9.96. The minimum absolute atomic E-state index is 0.0917. The summed E-state index contributed by atoms with van der Waals surface area (Å²) in [5, 5.41) is 14.1. The molecule has 1 aliphatic carbocycles. The van der Waals surface area contributed by atoms with E-state index in [1.165, 1.54) is 18.2 Å². The molecule has 0 atom stereocenters. The maximum Gasteiger partial charge on any atom is 0.321 e. The summed E-state index contributed by atoms with van der Waals surface area (Å²) in [4.78, 5) is 23.9. The molecule has 8 nitrogen and oxygen atoms in total. The quantitative estimate of drug-likeness (QED) is 0.777. The van der Waals surface area contributed by atoms with Crippen LogP contribution in [-0.4, -0.2) is 38.5 Å². The van der Waals surface area contributed by atoms with Crippen LogP contribution in [0.15, 0.2) is 21.9 Å². The normalized spacial score (nSPS) is 15.0. The molecule has 2 N–H and O–H groups in total. The van der Waals surface area contributed by atoms with Gasteiger partial charge in [-0.2, -0.15) is 0 Å². The van der Waals surface area contributed by atoms with Gasteiger partial charge in [-0.1, -0.05) is 31.0 Å². The number of nitrogens with one attached hydrogen (secondary N) is 2. The van der Waals surface area contributed by atoms with Crippen molar-refractivity contribution >= 4 is 23.7 Å². The number of amides is 3. The van der Waals surface area contributed by atoms with Crippen LogP contribution >= 0.6 is 11.8 Å². The molecular formula is C17H23N5O3S. The van der Waals surface area contributed by atoms with Crippen LogP contribution in [0.2, 0.25) is 0 Å². The highest BCUT2D eigenvalue weighted by molar-refractivity contribution is 7.99. The average molecular weight is 377 g/mol. The summed E-state index contributed by atoms with van der Waals surface area (Å²) in [6.07, 6.45) is 7.02. The van der Waals surface area contributed by atoms with E-state index in [9.17, 15) is 9.59 Å². The molecule has 1 aliphatic rings. The van der Waals surface area contributed by atoms with Gasteiger partial charge in [0.25, 0.3) is 0 Å². The van der Waals surface area contributed by atoms with E-state index in [-0.39, 0.29) is 17.7 Å². The number of imide groups is 1. The minimum Gasteiger partial charge on any atom is -0.469 e. The van der Waals surface area contributed by atoms with Crippen LogP contribution < -0.4 is 10.6 Å². The molecule has 0 spiro atoms. The highest BCUT2D eigenvalue weighted by Gasteiger charge is 2.18. The molecular weight excluding hydrogens is 354 g/mol. The monoisotopic (exact) mass is 377 g/mol. The first kappa shape index (κ1) is 18.5. The van der Waals surface area contributed by atoms with E-state index < -0.39 is 6.03 Å². The Kier molecular flexibility index (Phi) is 5.97. The Hall–Kier alpha value is -2.29. The molecule has 3 rings (SSSR count). The standard InChI is InChI=1S/C17H23N5O3S/c1-11-13(8-9-25-11)15-20-21-17(22(15)2)26-10-14(23)19-16(24)18-12-6-4-3-5-7-12/h8-9,12H,3-7,10H2,1-2H3,(H2,18,19,23,24). The fraction of sp³-hybridized carbons (Fsp3) is 0.529. The van der Waals surface area contributed by atoms with E-state index in [2.05, 4.69) is 20.8 Å². The predicted molar refractivity (Wildman–Crippen MR) is 97.7 cm³/mol. The first-order valence-electron chi connectivity index (χ1n) is 8.71. The van der Waals surface area contributed by atoms with Crippen molar-refractivity contribution in [2.24, 2.45) is 7.05 Å². The molecule has 1 fully saturated rings. The van der Waals surface area contributed by atoms with Gasteiger partial charge in [-0.15, -0.1) is 10.2 Å². The Labute approximate surface area is 156 Å². The number of rotatable bonds is 5. The minimum atomic E-state index is -0.421. The Morgan fingerprint density at radius 1 is 1.31 bits per heavy atom. The second-order valence-electron chi connectivity index (χ2n) is 6.40. The van der Waals surface area contributed by atoms with Gasteiger partial charge >= 0.3 is 6.03 Å². The van der Waals surface area contributed by atoms with Crippen molar-refractivity contribution in [3.05, 3.63) is 18.1 Å². The lowest BCUT2D eigenvalue weighted by molar-refractivity contribution is -0.117. The van der Waals surface area contributed by atoms with Crippen LogP contribution in [0.4, 0.5) is 4.79 Å². The van der Waals surface area contributed by atoms with Crippen molar-refractivity contribution in [2.45, 2.75) is 50.2 Å². The maximum absolute atomic E-state index is 12.0. The van der Waals surface area contributed by atoms with Gasteiger partial charge < -0.3 is 14.3 Å². The number of hydrogen-bond donors (Lipinski definition) is 2. The van der Waals surface area contributed by atoms with Gasteiger partial charge in [-0.3, -0.25) is 10.1 Å². The van der Waals surface area contributed by atoms with E-state index in [1.807, 2.05) is 20.0 Å². The van der Waals surface area contributed by atoms with Gasteiger partial charge in [0.2, 0.25) is 5.91 Å². The van der Waals surface area contributed by atoms with Crippen molar-refractivity contribution in [3.8, 4) is 11.4 Å². The van der Waals surface area contributed by atoms with Gasteiger partial charge in [0.05, 0.1) is 17.6 Å². The van der Waals surface area contributed by atoms with Gasteiger partial charge in [-0.05, 0) is 25.8 Å². The topological polar surface area (TPSA) is 102 Å². The van der Waals surface area contributed by atoms with Gasteiger partial charge in [0, 0.05) is 13.1 Å². The van der Waals surface area contributed by atoms with E-state index >= 15 is 0 Å². The molecule has 0 saturated heterocycles. The molecule has 3 amide bonds. The van der Waals surface area contributed by atoms with Gasteiger partial charge in [0.15, 0.2) is 11.0 Å². The van der Waals surface area contributed by atoms with E-state index in [0.717, 1.165) is 37.0 Å². The zero-order valence-electron chi connectivity index (χ0n) is 14.9. The molecule has 0 unspecified atom stereocenters. The molecule has 9 heteroatoms. The Balaban J connectivity index is 1.49. The summed E-state index contributed by atoms with van der Waals surface area (Å²) in [6.45, 7) is 1.86. The van der Waals surface area contributed by atoms with Gasteiger partial charge in [-0.25, -0.2) is 4.79 Å². The summed E-state index contributed by atoms with van der Waals surface area (Å²) in [5.74, 6) is 1.17. The van der Waals surface area contributed by atoms with E-state index in [4.69, 9.17) is 4.42 Å². The fourth-order valence-corrected chi connectivity index (χ4v) is 3.76. The highest BCUT2D eigenvalue weighted by Crippen LogP contribution is 2.25. The lowest BCUT2D eigenvalue weighted by Gasteiger charge is -2.22. The predicted octanol–water partition coefficient (Wildman–Crippen LogP) is 2.63. The Bertz CT molecular complexity index is 779. The second kappa shape index (κ2) is 8.39. The number of aromatic nitrogens is 3. The van der Waals surface area contributed by atoms with Crippen LogP contribution in [0, 0.1) is 6.92 Å². The number of carbonyl (C=O) groups excluding carboxylic acids is 2. The molecule has 0 bridgehead atoms. The van der Waals surface area contributed by atoms with Crippen molar-refractivity contribution in [3.63, 3.8) is 0 Å². The van der Waals surface area contributed by atoms with E-state index in [0.29, 0.717) is 11.0 Å². The average Bonchev–Trinajstić information content (AvgIpc) is 3.19. The number of furan rings is 1. The summed E-state index contributed by atoms with van der Waals surface area (Å²) in [5.41, 5.74) is 0.864. The molecule has 0 aliphatic heterocycles. The SMILES string of the molecule is Cc1occc1-c1nnc(SCC(=O)NC(=O)NC2CCCCC2)n1C. The van der Waals surface area contributed by atoms with Crippen LogP contribution in [0.25, 0.3) is 11.4 Å². The summed E-state index contributed by atoms with van der Waals surface area (Å²) < 4.78 is 7.09. The molecule has 1 saturated carbocycles. The van der Waals surface area contributed by atoms with Crippen molar-refractivity contribution in [1.29, 1.82) is 0 Å². The third-order valence-electron chi connectivity index (χ3n) is 4.46. The molecule has 0 aromatic carbocycles. The first-order chi connectivity index (χ1) is 12.5. The zero-order chi connectivity index (χ0) is 18.5. The number of carbonyl (C=O) groups is 2. The number of thioether (sulfide) groups is 1. The zero-order valence-corrected chi connectivity index (χ0v) is 15.8. The molecule has 2 aromatic rings. The first-order valence-corrected chi connectivity index (χ1v) is 9.70. The largest absolute Gasteiger partial charge is 0.469 e. The smallest absolute Gasteiger partial charge is 0.321 e. The second-order valence-corrected chi connectivity index (χ2v) is 7.34. The maximum atomic E-state index is 12.0. The van der Waals surface area contributed by atoms with E-state index in [1.54, 1.807) is 10.8 Å². The Morgan fingerprint density at radius 2 is 2.08 bits per heavy atom. The van der Waals surface area contributed by atoms with Crippen molar-refractivity contribution < 1.29 is 14.0 Å². The number of hydrogen-bond acceptors (Lipinski definition) is 6. The van der Waals surface area contributed by atoms with Crippen LogP contribution in [0.3, 0.4) is 0 Å². The van der Waals surface area contributed by atoms with Crippen LogP contribution in [0.5, 0.6) is 0 Å². The number of aryl methyl sites for hydroxylation is 1. The molecule has 0 radical (unpaired) electrons. The molecule has 26 heavy (non-hydrogen) atoms. The Morgan fingerprint density at radius 3 is 2.77 bits per heavy atom. The number of nitrogens with zero attached hydrogens (tertiary/aromatic N) is 3. The molecule has 2 heterocycles.